The number of hydrogen-bond donors (Lipinski definition) is 1. The van der Waals surface area contributed by atoms with Gasteiger partial charge in [-0.25, -0.2) is 8.42 Å². The predicted octanol–water partition coefficient (Wildman–Crippen LogP) is 5.30. The van der Waals surface area contributed by atoms with Crippen molar-refractivity contribution < 1.29 is 32.5 Å². The second-order valence-electron chi connectivity index (χ2n) is 10.7. The van der Waals surface area contributed by atoms with Gasteiger partial charge in [-0.3, -0.25) is 4.79 Å². The van der Waals surface area contributed by atoms with E-state index < -0.39 is 16.0 Å². The molecule has 2 heterocycles. The molecule has 2 atom stereocenters. The van der Waals surface area contributed by atoms with Gasteiger partial charge in [-0.2, -0.15) is 4.31 Å². The fourth-order valence-corrected chi connectivity index (χ4v) is 6.95. The van der Waals surface area contributed by atoms with Gasteiger partial charge in [-0.15, -0.1) is 0 Å². The molecule has 0 amide bonds. The average molecular weight is 566 g/mol. The first-order valence-corrected chi connectivity index (χ1v) is 15.3. The smallest absolute Gasteiger partial charge is 0.304 e. The van der Waals surface area contributed by atoms with Crippen molar-refractivity contribution in [3.8, 4) is 28.4 Å². The Kier molecular flexibility index (Phi) is 8.05. The lowest BCUT2D eigenvalue weighted by molar-refractivity contribution is -0.137. The van der Waals surface area contributed by atoms with E-state index in [9.17, 15) is 13.2 Å². The number of fused-ring (bicyclic) bond motifs is 1. The Morgan fingerprint density at radius 1 is 1.05 bits per heavy atom. The maximum atomic E-state index is 12.0. The number of aliphatic carboxylic acids is 1. The molecule has 2 aliphatic heterocycles. The molecule has 0 radical (unpaired) electrons. The monoisotopic (exact) mass is 565 g/mol. The molecule has 5 rings (SSSR count). The van der Waals surface area contributed by atoms with Gasteiger partial charge in [0.25, 0.3) is 0 Å². The zero-order valence-corrected chi connectivity index (χ0v) is 23.9. The summed E-state index contributed by atoms with van der Waals surface area (Å²) in [5.41, 5.74) is 6.28. The van der Waals surface area contributed by atoms with Gasteiger partial charge < -0.3 is 19.3 Å². The lowest BCUT2D eigenvalue weighted by atomic mass is 9.94. The summed E-state index contributed by atoms with van der Waals surface area (Å²) in [5.74, 6) is 1.13. The van der Waals surface area contributed by atoms with Crippen molar-refractivity contribution in [2.24, 2.45) is 0 Å². The summed E-state index contributed by atoms with van der Waals surface area (Å²) in [4.78, 5) is 11.1. The van der Waals surface area contributed by atoms with E-state index in [0.717, 1.165) is 52.0 Å². The maximum absolute atomic E-state index is 12.0. The van der Waals surface area contributed by atoms with E-state index in [0.29, 0.717) is 37.9 Å². The average Bonchev–Trinajstić information content (AvgIpc) is 3.53. The maximum Gasteiger partial charge on any atom is 0.304 e. The zero-order valence-electron chi connectivity index (χ0n) is 23.1. The zero-order chi connectivity index (χ0) is 28.4. The molecule has 1 N–H and O–H groups in total. The van der Waals surface area contributed by atoms with Gasteiger partial charge in [0.05, 0.1) is 25.3 Å². The number of carbonyl (C=O) groups is 1. The summed E-state index contributed by atoms with van der Waals surface area (Å²) < 4.78 is 43.5. The molecule has 1 fully saturated rings. The van der Waals surface area contributed by atoms with E-state index in [1.54, 1.807) is 4.31 Å². The lowest BCUT2D eigenvalue weighted by Crippen LogP contribution is -2.38. The first-order valence-electron chi connectivity index (χ1n) is 13.5. The molecule has 0 saturated carbocycles. The molecule has 40 heavy (non-hydrogen) atoms. The van der Waals surface area contributed by atoms with Gasteiger partial charge >= 0.3 is 5.97 Å². The summed E-state index contributed by atoms with van der Waals surface area (Å²) in [6.07, 6.45) is 2.97. The van der Waals surface area contributed by atoms with Crippen molar-refractivity contribution in [3.63, 3.8) is 0 Å². The van der Waals surface area contributed by atoms with E-state index in [-0.39, 0.29) is 18.4 Å². The highest BCUT2D eigenvalue weighted by molar-refractivity contribution is 7.88. The Morgan fingerprint density at radius 3 is 2.55 bits per heavy atom. The standard InChI is InChI=1S/C31H35NO7S/c1-20-12-27(38-19-25-8-5-11-32(25)40(3,35)36)13-21(2)31(20)23-7-4-6-22(14-23)17-37-26-9-10-28-24(15-30(33)34)18-39-29(28)16-26/h4,6-7,9-10,12-14,16,24-25H,5,8,11,15,17-19H2,1-3H3,(H,33,34)/t24?,25-/m1/s1. The highest BCUT2D eigenvalue weighted by Crippen LogP contribution is 2.38. The Morgan fingerprint density at radius 2 is 1.82 bits per heavy atom. The van der Waals surface area contributed by atoms with Crippen LogP contribution in [0.4, 0.5) is 0 Å². The molecule has 1 saturated heterocycles. The molecule has 3 aromatic carbocycles. The molecular formula is C31H35NO7S. The fourth-order valence-electron chi connectivity index (χ4n) is 5.78. The third-order valence-electron chi connectivity index (χ3n) is 7.60. The van der Waals surface area contributed by atoms with Crippen LogP contribution < -0.4 is 14.2 Å². The largest absolute Gasteiger partial charge is 0.492 e. The second kappa shape index (κ2) is 11.5. The molecule has 0 aliphatic carbocycles. The number of aryl methyl sites for hydroxylation is 2. The topological polar surface area (TPSA) is 102 Å². The fraction of sp³-hybridized carbons (Fsp3) is 0.387. The van der Waals surface area contributed by atoms with Gasteiger partial charge in [0.1, 0.15) is 30.5 Å². The molecule has 2 aliphatic rings. The number of hydrogen-bond acceptors (Lipinski definition) is 6. The number of carboxylic acid groups (broad SMARTS) is 1. The molecule has 0 bridgehead atoms. The van der Waals surface area contributed by atoms with E-state index in [1.807, 2.05) is 42.5 Å². The molecule has 0 spiro atoms. The van der Waals surface area contributed by atoms with Crippen molar-refractivity contribution in [2.75, 3.05) is 26.0 Å². The molecule has 9 heteroatoms. The molecule has 1 unspecified atom stereocenters. The van der Waals surface area contributed by atoms with E-state index in [1.165, 1.54) is 6.26 Å². The van der Waals surface area contributed by atoms with E-state index in [2.05, 4.69) is 26.0 Å². The predicted molar refractivity (Wildman–Crippen MR) is 153 cm³/mol. The number of carboxylic acids is 1. The van der Waals surface area contributed by atoms with Crippen LogP contribution in [0.5, 0.6) is 17.2 Å². The normalized spacial score (nSPS) is 18.8. The van der Waals surface area contributed by atoms with Crippen LogP contribution in [0.1, 0.15) is 47.4 Å². The summed E-state index contributed by atoms with van der Waals surface area (Å²) in [5, 5.41) is 9.11. The summed E-state index contributed by atoms with van der Waals surface area (Å²) >= 11 is 0. The second-order valence-corrected chi connectivity index (χ2v) is 12.6. The van der Waals surface area contributed by atoms with Gasteiger partial charge in [0.2, 0.25) is 10.0 Å². The Hall–Kier alpha value is -3.56. The van der Waals surface area contributed by atoms with Crippen molar-refractivity contribution in [1.82, 2.24) is 4.31 Å². The first kappa shape index (κ1) is 28.0. The van der Waals surface area contributed by atoms with Crippen molar-refractivity contribution >= 4 is 16.0 Å². The highest BCUT2D eigenvalue weighted by atomic mass is 32.2. The minimum absolute atomic E-state index is 0.0498. The summed E-state index contributed by atoms with van der Waals surface area (Å²) in [6.45, 7) is 5.75. The Balaban J connectivity index is 1.25. The van der Waals surface area contributed by atoms with Crippen LogP contribution in [0.3, 0.4) is 0 Å². The van der Waals surface area contributed by atoms with Gasteiger partial charge in [0, 0.05) is 24.1 Å². The molecule has 3 aromatic rings. The molecular weight excluding hydrogens is 530 g/mol. The SMILES string of the molecule is Cc1cc(OC[C@H]2CCCN2S(C)(=O)=O)cc(C)c1-c1cccc(COc2ccc3c(c2)OCC3CC(=O)O)c1. The number of sulfonamides is 1. The first-order chi connectivity index (χ1) is 19.1. The van der Waals surface area contributed by atoms with Crippen LogP contribution >= 0.6 is 0 Å². The number of ether oxygens (including phenoxy) is 3. The van der Waals surface area contributed by atoms with Crippen molar-refractivity contribution in [2.45, 2.75) is 51.7 Å². The number of benzene rings is 3. The molecule has 8 nitrogen and oxygen atoms in total. The quantitative estimate of drug-likeness (QED) is 0.356. The minimum atomic E-state index is -3.23. The van der Waals surface area contributed by atoms with Crippen LogP contribution in [0.25, 0.3) is 11.1 Å². The lowest BCUT2D eigenvalue weighted by Gasteiger charge is -2.23. The summed E-state index contributed by atoms with van der Waals surface area (Å²) in [6, 6.07) is 17.7. The third-order valence-corrected chi connectivity index (χ3v) is 8.94. The number of nitrogens with zero attached hydrogens (tertiary/aromatic N) is 1. The summed E-state index contributed by atoms with van der Waals surface area (Å²) in [7, 11) is -3.23. The Labute approximate surface area is 235 Å². The van der Waals surface area contributed by atoms with E-state index >= 15 is 0 Å². The number of rotatable bonds is 10. The van der Waals surface area contributed by atoms with Crippen molar-refractivity contribution in [1.29, 1.82) is 0 Å². The molecule has 212 valence electrons. The third kappa shape index (κ3) is 6.26. The van der Waals surface area contributed by atoms with Crippen LogP contribution in [-0.4, -0.2) is 55.9 Å². The Bertz CT molecular complexity index is 1490. The van der Waals surface area contributed by atoms with Crippen molar-refractivity contribution in [3.05, 3.63) is 76.9 Å². The molecule has 0 aromatic heterocycles. The van der Waals surface area contributed by atoms with Gasteiger partial charge in [0.15, 0.2) is 0 Å². The van der Waals surface area contributed by atoms with Crippen LogP contribution in [-0.2, 0) is 21.4 Å². The van der Waals surface area contributed by atoms with Crippen LogP contribution in [0, 0.1) is 13.8 Å². The highest BCUT2D eigenvalue weighted by Gasteiger charge is 2.32. The van der Waals surface area contributed by atoms with Crippen LogP contribution in [0.15, 0.2) is 54.6 Å². The van der Waals surface area contributed by atoms with E-state index in [4.69, 9.17) is 19.3 Å². The van der Waals surface area contributed by atoms with Gasteiger partial charge in [-0.1, -0.05) is 24.3 Å². The van der Waals surface area contributed by atoms with Gasteiger partial charge in [-0.05, 0) is 78.8 Å². The minimum Gasteiger partial charge on any atom is -0.492 e. The van der Waals surface area contributed by atoms with Crippen LogP contribution in [0.2, 0.25) is 0 Å².